The van der Waals surface area contributed by atoms with Crippen molar-refractivity contribution in [2.75, 3.05) is 24.7 Å². The summed E-state index contributed by atoms with van der Waals surface area (Å²) in [4.78, 5) is 26.3. The van der Waals surface area contributed by atoms with E-state index in [4.69, 9.17) is 14.5 Å². The Morgan fingerprint density at radius 1 is 1.20 bits per heavy atom. The predicted octanol–water partition coefficient (Wildman–Crippen LogP) is 5.37. The van der Waals surface area contributed by atoms with Crippen LogP contribution in [0.3, 0.4) is 0 Å². The van der Waals surface area contributed by atoms with Crippen LogP contribution in [0.5, 0.6) is 0 Å². The molecule has 2 N–H and O–H groups in total. The van der Waals surface area contributed by atoms with Crippen molar-refractivity contribution in [3.63, 3.8) is 0 Å². The van der Waals surface area contributed by atoms with E-state index < -0.39 is 11.7 Å². The summed E-state index contributed by atoms with van der Waals surface area (Å²) < 4.78 is 16.1. The highest BCUT2D eigenvalue weighted by Gasteiger charge is 2.18. The summed E-state index contributed by atoms with van der Waals surface area (Å²) in [6.45, 7) is 12.0. The number of hydrogen-bond donors (Lipinski definition) is 2. The molecule has 1 aromatic carbocycles. The first-order valence-corrected chi connectivity index (χ1v) is 17.8. The molecule has 4 aromatic rings. The zero-order valence-corrected chi connectivity index (χ0v) is 27.1. The number of benzene rings is 1. The highest BCUT2D eigenvalue weighted by molar-refractivity contribution is 9.10. The average Bonchev–Trinajstić information content (AvgIpc) is 3.44. The van der Waals surface area contributed by atoms with Gasteiger partial charge in [-0.1, -0.05) is 37.0 Å². The maximum absolute atomic E-state index is 12.2. The van der Waals surface area contributed by atoms with E-state index >= 15 is 0 Å². The van der Waals surface area contributed by atoms with Crippen LogP contribution in [0.2, 0.25) is 19.1 Å². The molecule has 3 aromatic heterocycles. The number of nitrogens with one attached hydrogen (secondary N) is 2. The Balaban J connectivity index is 1.60. The number of para-hydroxylation sites is 1. The van der Waals surface area contributed by atoms with Crippen molar-refractivity contribution >= 4 is 65.2 Å². The summed E-state index contributed by atoms with van der Waals surface area (Å²) in [6, 6.07) is 7.12. The van der Waals surface area contributed by atoms with Crippen LogP contribution in [0.25, 0.3) is 16.7 Å². The van der Waals surface area contributed by atoms with Gasteiger partial charge in [-0.3, -0.25) is 0 Å². The Bertz CT molecular complexity index is 1470. The van der Waals surface area contributed by atoms with Crippen LogP contribution >= 0.6 is 27.7 Å². The van der Waals surface area contributed by atoms with Crippen molar-refractivity contribution in [3.8, 4) is 0 Å². The molecule has 14 heteroatoms. The first-order valence-electron chi connectivity index (χ1n) is 13.1. The van der Waals surface area contributed by atoms with Gasteiger partial charge in [0.2, 0.25) is 5.95 Å². The van der Waals surface area contributed by atoms with E-state index in [1.807, 2.05) is 39.2 Å². The molecule has 1 amide bonds. The van der Waals surface area contributed by atoms with Crippen molar-refractivity contribution in [1.82, 2.24) is 34.4 Å². The number of thioether (sulfide) groups is 1. The molecule has 0 atom stereocenters. The number of carbonyl (C=O) groups excluding carboxylic acids is 1. The van der Waals surface area contributed by atoms with Gasteiger partial charge in [0.25, 0.3) is 0 Å². The number of hydrogen-bond acceptors (Lipinski definition) is 9. The summed E-state index contributed by atoms with van der Waals surface area (Å²) in [5.41, 5.74) is 3.07. The molecule has 0 saturated carbocycles. The topological polar surface area (TPSA) is 120 Å². The minimum absolute atomic E-state index is 0.377. The van der Waals surface area contributed by atoms with Gasteiger partial charge < -0.3 is 24.7 Å². The van der Waals surface area contributed by atoms with Crippen LogP contribution in [-0.2, 0) is 29.2 Å². The summed E-state index contributed by atoms with van der Waals surface area (Å²) in [5, 5.41) is 11.3. The molecule has 3 heterocycles. The van der Waals surface area contributed by atoms with Crippen LogP contribution in [0.4, 0.5) is 10.7 Å². The largest absolute Gasteiger partial charge is 0.444 e. The molecule has 0 aliphatic heterocycles. The lowest BCUT2D eigenvalue weighted by molar-refractivity contribution is 0.0528. The van der Waals surface area contributed by atoms with Crippen LogP contribution in [-0.4, -0.2) is 69.0 Å². The van der Waals surface area contributed by atoms with Gasteiger partial charge in [0.1, 0.15) is 18.2 Å². The Morgan fingerprint density at radius 3 is 2.73 bits per heavy atom. The van der Waals surface area contributed by atoms with E-state index in [0.717, 1.165) is 32.9 Å². The van der Waals surface area contributed by atoms with E-state index in [1.54, 1.807) is 10.7 Å². The third-order valence-electron chi connectivity index (χ3n) is 5.85. The number of ether oxygens (including phenoxy) is 2. The number of anilines is 1. The lowest BCUT2D eigenvalue weighted by Crippen LogP contribution is -2.33. The van der Waals surface area contributed by atoms with Gasteiger partial charge in [0.05, 0.1) is 28.2 Å². The number of rotatable bonds is 12. The summed E-state index contributed by atoms with van der Waals surface area (Å²) in [7, 11) is -0.383. The van der Waals surface area contributed by atoms with Gasteiger partial charge in [-0.05, 0) is 67.1 Å². The molecule has 0 fully saturated rings. The second-order valence-electron chi connectivity index (χ2n) is 10.5. The zero-order valence-electron chi connectivity index (χ0n) is 23.7. The van der Waals surface area contributed by atoms with Crippen LogP contribution < -0.4 is 10.6 Å². The van der Waals surface area contributed by atoms with E-state index in [0.29, 0.717) is 49.6 Å². The number of aromatic nitrogens is 6. The molecule has 0 spiro atoms. The van der Waals surface area contributed by atoms with Crippen molar-refractivity contribution in [3.05, 3.63) is 40.3 Å². The number of amides is 1. The quantitative estimate of drug-likeness (QED) is 0.119. The number of fused-ring (bicyclic) bond motifs is 2. The van der Waals surface area contributed by atoms with Gasteiger partial charge >= 0.3 is 6.09 Å². The van der Waals surface area contributed by atoms with E-state index in [2.05, 4.69) is 65.4 Å². The van der Waals surface area contributed by atoms with E-state index in [1.165, 1.54) is 11.8 Å². The second kappa shape index (κ2) is 13.3. The molecule has 0 aliphatic carbocycles. The second-order valence-corrected chi connectivity index (χ2v) is 15.1. The van der Waals surface area contributed by atoms with Gasteiger partial charge in [0, 0.05) is 21.9 Å². The molecule has 215 valence electrons. The van der Waals surface area contributed by atoms with Gasteiger partial charge in [0.15, 0.2) is 10.8 Å². The van der Waals surface area contributed by atoms with E-state index in [-0.39, 0.29) is 8.80 Å². The van der Waals surface area contributed by atoms with Crippen LogP contribution in [0.1, 0.15) is 32.2 Å². The third-order valence-corrected chi connectivity index (χ3v) is 8.16. The SMILES string of the molecule is CSc1nc(NCc2nc3cccc(CCNC(=O)OC(C)(C)C)c3n2COCC[Si](C)C)n2ncc(Br)c2n1. The lowest BCUT2D eigenvalue weighted by Gasteiger charge is -2.19. The Hall–Kier alpha value is -2.68. The Kier molecular flexibility index (Phi) is 10.1. The van der Waals surface area contributed by atoms with Crippen molar-refractivity contribution in [1.29, 1.82) is 0 Å². The fourth-order valence-electron chi connectivity index (χ4n) is 4.02. The van der Waals surface area contributed by atoms with Gasteiger partial charge in [-0.25, -0.2) is 14.8 Å². The summed E-state index contributed by atoms with van der Waals surface area (Å²) >= 11 is 4.98. The first kappa shape index (κ1) is 30.3. The molecule has 0 saturated heterocycles. The Labute approximate surface area is 248 Å². The standard InChI is InChI=1S/C26H36BrN8O3SSi/c1-26(2,3)38-25(36)28-11-10-17-8-7-9-19-21(17)34(16-37-12-13-40(5)6)20(31-19)15-29-23-33-24(39-4)32-22-18(27)14-30-35(22)23/h7-9,14H,10-13,15-16H2,1-6H3,(H,28,36)(H,29,32,33). The lowest BCUT2D eigenvalue weighted by atomic mass is 10.1. The van der Waals surface area contributed by atoms with Gasteiger partial charge in [-0.15, -0.1) is 0 Å². The molecule has 11 nitrogen and oxygen atoms in total. The van der Waals surface area contributed by atoms with E-state index in [9.17, 15) is 4.79 Å². The number of carbonyl (C=O) groups is 1. The fourth-order valence-corrected chi connectivity index (χ4v) is 5.28. The molecule has 0 unspecified atom stereocenters. The van der Waals surface area contributed by atoms with Crippen molar-refractivity contribution in [2.45, 2.75) is 70.4 Å². The number of nitrogens with zero attached hydrogens (tertiary/aromatic N) is 6. The maximum Gasteiger partial charge on any atom is 0.407 e. The Morgan fingerprint density at radius 2 is 2.00 bits per heavy atom. The van der Waals surface area contributed by atoms with Crippen LogP contribution in [0.15, 0.2) is 34.0 Å². The summed E-state index contributed by atoms with van der Waals surface area (Å²) in [6.07, 6.45) is 3.84. The molecular weight excluding hydrogens is 612 g/mol. The third kappa shape index (κ3) is 7.74. The number of halogens is 1. The molecule has 4 rings (SSSR count). The molecular formula is C26H36BrN8O3SSi. The highest BCUT2D eigenvalue weighted by atomic mass is 79.9. The first-order chi connectivity index (χ1) is 19.1. The number of imidazole rings is 1. The maximum atomic E-state index is 12.2. The zero-order chi connectivity index (χ0) is 28.9. The van der Waals surface area contributed by atoms with Crippen LogP contribution in [0, 0.1) is 0 Å². The molecule has 40 heavy (non-hydrogen) atoms. The predicted molar refractivity (Wildman–Crippen MR) is 164 cm³/mol. The average molecular weight is 649 g/mol. The minimum atomic E-state index is -0.544. The number of alkyl carbamates (subject to hydrolysis) is 1. The molecule has 0 aliphatic rings. The van der Waals surface area contributed by atoms with Crippen molar-refractivity contribution < 1.29 is 14.3 Å². The van der Waals surface area contributed by atoms with Crippen molar-refractivity contribution in [2.24, 2.45) is 0 Å². The molecule has 0 bridgehead atoms. The monoisotopic (exact) mass is 647 g/mol. The fraction of sp³-hybridized carbons (Fsp3) is 0.500. The highest BCUT2D eigenvalue weighted by Crippen LogP contribution is 2.24. The normalized spacial score (nSPS) is 12.0. The minimum Gasteiger partial charge on any atom is -0.444 e. The van der Waals surface area contributed by atoms with Gasteiger partial charge in [-0.2, -0.15) is 14.6 Å². The summed E-state index contributed by atoms with van der Waals surface area (Å²) in [5.74, 6) is 1.38. The molecule has 1 radical (unpaired) electrons. The smallest absolute Gasteiger partial charge is 0.407 e.